The molecule has 0 aromatic heterocycles. The number of carbonyl (C=O) groups is 2. The molecule has 0 aliphatic heterocycles. The molecule has 2 unspecified atom stereocenters. The van der Waals surface area contributed by atoms with Crippen LogP contribution >= 0.6 is 0 Å². The van der Waals surface area contributed by atoms with E-state index in [1.165, 1.54) is 205 Å². The van der Waals surface area contributed by atoms with Crippen molar-refractivity contribution >= 4 is 11.9 Å². The summed E-state index contributed by atoms with van der Waals surface area (Å²) in [6.07, 6.45) is 63.3. The van der Waals surface area contributed by atoms with E-state index in [-0.39, 0.29) is 18.5 Å². The molecule has 0 saturated heterocycles. The van der Waals surface area contributed by atoms with Gasteiger partial charge in [-0.05, 0) is 57.8 Å². The molecule has 6 nitrogen and oxygen atoms in total. The Hall–Kier alpha value is -1.66. The summed E-state index contributed by atoms with van der Waals surface area (Å²) in [5.74, 6) is -0.0923. The summed E-state index contributed by atoms with van der Waals surface area (Å²) in [4.78, 5) is 24.4. The van der Waals surface area contributed by atoms with Gasteiger partial charge in [0.05, 0.1) is 25.4 Å². The first-order valence-corrected chi connectivity index (χ1v) is 28.1. The van der Waals surface area contributed by atoms with Crippen LogP contribution in [0.4, 0.5) is 0 Å². The average Bonchev–Trinajstić information content (AvgIpc) is 3.28. The van der Waals surface area contributed by atoms with Gasteiger partial charge in [0.15, 0.2) is 0 Å². The van der Waals surface area contributed by atoms with Gasteiger partial charge in [0.2, 0.25) is 5.91 Å². The number of hydrogen-bond donors (Lipinski definition) is 3. The molecular formula is C57H109NO5. The summed E-state index contributed by atoms with van der Waals surface area (Å²) in [6.45, 7) is 4.88. The topological polar surface area (TPSA) is 95.9 Å². The van der Waals surface area contributed by atoms with Crippen molar-refractivity contribution in [3.63, 3.8) is 0 Å². The fraction of sp³-hybridized carbons (Fsp3) is 0.895. The van der Waals surface area contributed by atoms with Crippen LogP contribution < -0.4 is 5.32 Å². The van der Waals surface area contributed by atoms with Crippen LogP contribution in [0, 0.1) is 0 Å². The van der Waals surface area contributed by atoms with Gasteiger partial charge in [-0.2, -0.15) is 0 Å². The summed E-state index contributed by atoms with van der Waals surface area (Å²) >= 11 is 0. The third-order valence-electron chi connectivity index (χ3n) is 13.0. The fourth-order valence-electron chi connectivity index (χ4n) is 8.63. The third kappa shape index (κ3) is 49.6. The van der Waals surface area contributed by atoms with Crippen molar-refractivity contribution in [1.29, 1.82) is 0 Å². The summed E-state index contributed by atoms with van der Waals surface area (Å²) < 4.78 is 5.44. The van der Waals surface area contributed by atoms with Crippen LogP contribution in [0.1, 0.15) is 303 Å². The van der Waals surface area contributed by atoms with Gasteiger partial charge in [0.25, 0.3) is 0 Å². The van der Waals surface area contributed by atoms with Gasteiger partial charge in [-0.25, -0.2) is 0 Å². The van der Waals surface area contributed by atoms with Gasteiger partial charge in [0, 0.05) is 12.8 Å². The van der Waals surface area contributed by atoms with E-state index in [4.69, 9.17) is 4.74 Å². The number of unbranched alkanes of at least 4 members (excludes halogenated alkanes) is 39. The number of ether oxygens (including phenoxy) is 1. The van der Waals surface area contributed by atoms with E-state index in [0.29, 0.717) is 19.4 Å². The standard InChI is InChI=1S/C57H109NO5/c1-3-5-7-9-11-13-15-16-17-18-19-20-21-23-26-30-33-37-41-45-49-55(60)54(53-59)58-56(61)50-46-42-38-34-31-27-24-22-25-28-32-36-40-44-48-52-63-57(62)51-47-43-39-35-29-14-12-10-8-6-4-2/h25,28,45,49,54-55,59-60H,3-24,26-27,29-44,46-48,50-53H2,1-2H3,(H,58,61)/b28-25-,49-45+. The lowest BCUT2D eigenvalue weighted by Crippen LogP contribution is -2.45. The molecule has 0 saturated carbocycles. The molecule has 0 aliphatic rings. The van der Waals surface area contributed by atoms with E-state index < -0.39 is 12.1 Å². The van der Waals surface area contributed by atoms with E-state index in [9.17, 15) is 19.8 Å². The van der Waals surface area contributed by atoms with Crippen molar-refractivity contribution in [3.8, 4) is 0 Å². The smallest absolute Gasteiger partial charge is 0.305 e. The molecule has 3 N–H and O–H groups in total. The average molecular weight is 889 g/mol. The molecule has 0 rings (SSSR count). The predicted octanol–water partition coefficient (Wildman–Crippen LogP) is 17.1. The van der Waals surface area contributed by atoms with Gasteiger partial charge in [-0.3, -0.25) is 9.59 Å². The molecule has 6 heteroatoms. The van der Waals surface area contributed by atoms with E-state index in [2.05, 4.69) is 31.3 Å². The number of hydrogen-bond acceptors (Lipinski definition) is 5. The zero-order chi connectivity index (χ0) is 45.8. The van der Waals surface area contributed by atoms with Crippen LogP contribution in [-0.2, 0) is 14.3 Å². The molecule has 0 aromatic carbocycles. The molecule has 63 heavy (non-hydrogen) atoms. The van der Waals surface area contributed by atoms with E-state index >= 15 is 0 Å². The number of carbonyl (C=O) groups excluding carboxylic acids is 2. The Bertz CT molecular complexity index is 982. The van der Waals surface area contributed by atoms with Crippen molar-refractivity contribution < 1.29 is 24.5 Å². The molecule has 1 amide bonds. The first-order chi connectivity index (χ1) is 31.0. The quantitative estimate of drug-likeness (QED) is 0.0321. The van der Waals surface area contributed by atoms with Crippen LogP contribution in [0.3, 0.4) is 0 Å². The summed E-state index contributed by atoms with van der Waals surface area (Å²) in [7, 11) is 0. The number of esters is 1. The van der Waals surface area contributed by atoms with E-state index in [1.54, 1.807) is 6.08 Å². The highest BCUT2D eigenvalue weighted by molar-refractivity contribution is 5.76. The molecule has 372 valence electrons. The number of allylic oxidation sites excluding steroid dienone is 3. The Morgan fingerprint density at radius 3 is 1.13 bits per heavy atom. The summed E-state index contributed by atoms with van der Waals surface area (Å²) in [6, 6.07) is -0.639. The SMILES string of the molecule is CCCCCCCCCCCCCCCCCCCC/C=C/C(O)C(CO)NC(=O)CCCCCCCCC/C=C\CCCCCCOC(=O)CCCCCCCCCCCCC. The lowest BCUT2D eigenvalue weighted by atomic mass is 10.0. The Morgan fingerprint density at radius 2 is 0.746 bits per heavy atom. The number of nitrogens with one attached hydrogen (secondary N) is 1. The van der Waals surface area contributed by atoms with Crippen molar-refractivity contribution in [2.75, 3.05) is 13.2 Å². The monoisotopic (exact) mass is 888 g/mol. The molecule has 0 fully saturated rings. The second kappa shape index (κ2) is 53.0. The maximum Gasteiger partial charge on any atom is 0.305 e. The second-order valence-electron chi connectivity index (χ2n) is 19.3. The van der Waals surface area contributed by atoms with Crippen molar-refractivity contribution in [2.24, 2.45) is 0 Å². The molecule has 0 radical (unpaired) electrons. The second-order valence-corrected chi connectivity index (χ2v) is 19.3. The van der Waals surface area contributed by atoms with E-state index in [0.717, 1.165) is 70.6 Å². The van der Waals surface area contributed by atoms with Crippen molar-refractivity contribution in [3.05, 3.63) is 24.3 Å². The van der Waals surface area contributed by atoms with Gasteiger partial charge >= 0.3 is 5.97 Å². The largest absolute Gasteiger partial charge is 0.466 e. The highest BCUT2D eigenvalue weighted by atomic mass is 16.5. The van der Waals surface area contributed by atoms with Crippen LogP contribution in [0.2, 0.25) is 0 Å². The molecule has 0 aliphatic carbocycles. The number of amides is 1. The lowest BCUT2D eigenvalue weighted by Gasteiger charge is -2.20. The minimum absolute atomic E-state index is 0.0113. The number of aliphatic hydroxyl groups excluding tert-OH is 2. The maximum atomic E-state index is 12.5. The van der Waals surface area contributed by atoms with Gasteiger partial charge < -0.3 is 20.3 Å². The van der Waals surface area contributed by atoms with Crippen LogP contribution in [-0.4, -0.2) is 47.4 Å². The molecule has 0 aromatic rings. The Balaban J connectivity index is 3.52. The zero-order valence-corrected chi connectivity index (χ0v) is 42.3. The zero-order valence-electron chi connectivity index (χ0n) is 42.3. The summed E-state index contributed by atoms with van der Waals surface area (Å²) in [5, 5.41) is 23.1. The Kier molecular flexibility index (Phi) is 51.6. The fourth-order valence-corrected chi connectivity index (χ4v) is 8.63. The third-order valence-corrected chi connectivity index (χ3v) is 13.0. The lowest BCUT2D eigenvalue weighted by molar-refractivity contribution is -0.143. The normalized spacial score (nSPS) is 12.8. The Labute approximate surface area is 392 Å². The van der Waals surface area contributed by atoms with Gasteiger partial charge in [0.1, 0.15) is 0 Å². The molecule has 0 heterocycles. The maximum absolute atomic E-state index is 12.5. The van der Waals surface area contributed by atoms with Crippen LogP contribution in [0.15, 0.2) is 24.3 Å². The van der Waals surface area contributed by atoms with Crippen LogP contribution in [0.5, 0.6) is 0 Å². The molecular weight excluding hydrogens is 779 g/mol. The predicted molar refractivity (Wildman–Crippen MR) is 273 cm³/mol. The van der Waals surface area contributed by atoms with Crippen molar-refractivity contribution in [1.82, 2.24) is 5.32 Å². The van der Waals surface area contributed by atoms with Crippen molar-refractivity contribution in [2.45, 2.75) is 315 Å². The number of aliphatic hydroxyl groups is 2. The van der Waals surface area contributed by atoms with Gasteiger partial charge in [-0.15, -0.1) is 0 Å². The first kappa shape index (κ1) is 61.3. The van der Waals surface area contributed by atoms with Crippen LogP contribution in [0.25, 0.3) is 0 Å². The summed E-state index contributed by atoms with van der Waals surface area (Å²) in [5.41, 5.74) is 0. The highest BCUT2D eigenvalue weighted by Gasteiger charge is 2.18. The first-order valence-electron chi connectivity index (χ1n) is 28.1. The number of rotatable bonds is 52. The minimum Gasteiger partial charge on any atom is -0.466 e. The molecule has 0 spiro atoms. The molecule has 2 atom stereocenters. The Morgan fingerprint density at radius 1 is 0.429 bits per heavy atom. The molecule has 0 bridgehead atoms. The minimum atomic E-state index is -0.854. The highest BCUT2D eigenvalue weighted by Crippen LogP contribution is 2.16. The van der Waals surface area contributed by atoms with E-state index in [1.807, 2.05) is 6.08 Å². The van der Waals surface area contributed by atoms with Gasteiger partial charge in [-0.1, -0.05) is 256 Å².